The monoisotopic (exact) mass is 293 g/mol. The largest absolute Gasteiger partial charge is 0.478 e. The number of carbonyl (C=O) groups excluding carboxylic acids is 1. The van der Waals surface area contributed by atoms with Crippen molar-refractivity contribution in [2.45, 2.75) is 25.6 Å². The summed E-state index contributed by atoms with van der Waals surface area (Å²) in [7, 11) is 0. The normalized spacial score (nSPS) is 18.9. The molecular formula is C18H15NO3. The zero-order chi connectivity index (χ0) is 15.5. The Morgan fingerprint density at radius 3 is 2.64 bits per heavy atom. The van der Waals surface area contributed by atoms with Crippen molar-refractivity contribution in [1.29, 1.82) is 5.26 Å². The number of hydrogen-bond donors (Lipinski definition) is 0. The van der Waals surface area contributed by atoms with Crippen LogP contribution in [0.4, 0.5) is 0 Å². The number of ether oxygens (including phenoxy) is 2. The summed E-state index contributed by atoms with van der Waals surface area (Å²) in [4.78, 5) is 12.2. The minimum Gasteiger partial charge on any atom is -0.478 e. The highest BCUT2D eigenvalue weighted by Gasteiger charge is 2.37. The van der Waals surface area contributed by atoms with Crippen LogP contribution in [0.1, 0.15) is 29.5 Å². The lowest BCUT2D eigenvalue weighted by Gasteiger charge is -2.14. The van der Waals surface area contributed by atoms with E-state index in [-0.39, 0.29) is 18.5 Å². The van der Waals surface area contributed by atoms with Crippen molar-refractivity contribution in [2.24, 2.45) is 0 Å². The maximum Gasteiger partial charge on any atom is 0.348 e. The van der Waals surface area contributed by atoms with E-state index in [0.717, 1.165) is 16.9 Å². The molecule has 0 aliphatic carbocycles. The summed E-state index contributed by atoms with van der Waals surface area (Å²) in [6.45, 7) is 2.13. The number of carbonyl (C=O) groups is 1. The van der Waals surface area contributed by atoms with Gasteiger partial charge in [-0.2, -0.15) is 5.26 Å². The summed E-state index contributed by atoms with van der Waals surface area (Å²) < 4.78 is 11.0. The van der Waals surface area contributed by atoms with Gasteiger partial charge in [-0.3, -0.25) is 0 Å². The molecule has 0 spiro atoms. The van der Waals surface area contributed by atoms with Gasteiger partial charge in [0.15, 0.2) is 0 Å². The van der Waals surface area contributed by atoms with Crippen LogP contribution in [-0.4, -0.2) is 12.1 Å². The van der Waals surface area contributed by atoms with Gasteiger partial charge < -0.3 is 9.47 Å². The predicted octanol–water partition coefficient (Wildman–Crippen LogP) is 3.17. The molecule has 0 radical (unpaired) electrons. The quantitative estimate of drug-likeness (QED) is 0.816. The maximum absolute atomic E-state index is 12.2. The first kappa shape index (κ1) is 14.2. The van der Waals surface area contributed by atoms with Crippen LogP contribution in [0, 0.1) is 11.3 Å². The van der Waals surface area contributed by atoms with E-state index in [1.54, 1.807) is 24.3 Å². The van der Waals surface area contributed by atoms with Crippen molar-refractivity contribution < 1.29 is 14.3 Å². The van der Waals surface area contributed by atoms with Gasteiger partial charge in [-0.1, -0.05) is 37.3 Å². The molecule has 1 heterocycles. The van der Waals surface area contributed by atoms with Gasteiger partial charge in [0.2, 0.25) is 6.10 Å². The van der Waals surface area contributed by atoms with Crippen LogP contribution >= 0.6 is 0 Å². The van der Waals surface area contributed by atoms with Gasteiger partial charge in [-0.25, -0.2) is 4.79 Å². The Balaban J connectivity index is 1.62. The van der Waals surface area contributed by atoms with Gasteiger partial charge in [0.25, 0.3) is 0 Å². The second-order valence-electron chi connectivity index (χ2n) is 5.28. The molecule has 0 N–H and O–H groups in total. The van der Waals surface area contributed by atoms with Gasteiger partial charge in [0, 0.05) is 11.5 Å². The van der Waals surface area contributed by atoms with Crippen molar-refractivity contribution in [1.82, 2.24) is 0 Å². The molecule has 1 aliphatic rings. The van der Waals surface area contributed by atoms with E-state index in [1.807, 2.05) is 31.2 Å². The molecule has 3 rings (SSSR count). The summed E-state index contributed by atoms with van der Waals surface area (Å²) >= 11 is 0. The number of benzene rings is 2. The standard InChI is InChI=1S/C18H15NO3/c1-12-15-4-2-3-5-16(15)22-17(12)18(20)21-11-14-8-6-13(10-19)7-9-14/h2-9,12,17H,11H2,1H3. The van der Waals surface area contributed by atoms with Gasteiger partial charge in [0.1, 0.15) is 12.4 Å². The Labute approximate surface area is 128 Å². The molecule has 0 bridgehead atoms. The van der Waals surface area contributed by atoms with Crippen molar-refractivity contribution in [3.05, 3.63) is 65.2 Å². The highest BCUT2D eigenvalue weighted by atomic mass is 16.6. The smallest absolute Gasteiger partial charge is 0.348 e. The Bertz CT molecular complexity index is 731. The van der Waals surface area contributed by atoms with Crippen LogP contribution in [0.25, 0.3) is 0 Å². The summed E-state index contributed by atoms with van der Waals surface area (Å²) in [6.07, 6.45) is -0.601. The third-order valence-corrected chi connectivity index (χ3v) is 3.81. The van der Waals surface area contributed by atoms with Crippen molar-refractivity contribution in [3.63, 3.8) is 0 Å². The van der Waals surface area contributed by atoms with Crippen molar-refractivity contribution in [3.8, 4) is 11.8 Å². The number of nitriles is 1. The summed E-state index contributed by atoms with van der Waals surface area (Å²) in [5, 5.41) is 8.75. The molecule has 2 atom stereocenters. The van der Waals surface area contributed by atoms with Crippen LogP contribution in [-0.2, 0) is 16.1 Å². The third-order valence-electron chi connectivity index (χ3n) is 3.81. The predicted molar refractivity (Wildman–Crippen MR) is 80.2 cm³/mol. The summed E-state index contributed by atoms with van der Waals surface area (Å²) in [6, 6.07) is 16.7. The van der Waals surface area contributed by atoms with Crippen molar-refractivity contribution in [2.75, 3.05) is 0 Å². The second kappa shape index (κ2) is 5.90. The number of rotatable bonds is 3. The molecular weight excluding hydrogens is 278 g/mol. The lowest BCUT2D eigenvalue weighted by Crippen LogP contribution is -2.29. The molecule has 2 aromatic carbocycles. The molecule has 0 amide bonds. The minimum atomic E-state index is -0.601. The van der Waals surface area contributed by atoms with Crippen LogP contribution in [0.3, 0.4) is 0 Å². The minimum absolute atomic E-state index is 0.0235. The van der Waals surface area contributed by atoms with E-state index in [1.165, 1.54) is 0 Å². The molecule has 0 aromatic heterocycles. The fourth-order valence-corrected chi connectivity index (χ4v) is 2.53. The van der Waals surface area contributed by atoms with Crippen molar-refractivity contribution >= 4 is 5.97 Å². The first-order valence-electron chi connectivity index (χ1n) is 7.10. The van der Waals surface area contributed by atoms with Gasteiger partial charge in [0.05, 0.1) is 11.6 Å². The van der Waals surface area contributed by atoms with Gasteiger partial charge in [-0.15, -0.1) is 0 Å². The van der Waals surface area contributed by atoms with Crippen LogP contribution in [0.5, 0.6) is 5.75 Å². The highest BCUT2D eigenvalue weighted by Crippen LogP contribution is 2.38. The van der Waals surface area contributed by atoms with Gasteiger partial charge in [-0.05, 0) is 23.8 Å². The molecule has 0 fully saturated rings. The number of para-hydroxylation sites is 1. The first-order chi connectivity index (χ1) is 10.7. The summed E-state index contributed by atoms with van der Waals surface area (Å²) in [5.41, 5.74) is 2.46. The SMILES string of the molecule is CC1c2ccccc2OC1C(=O)OCc1ccc(C#N)cc1. The average molecular weight is 293 g/mol. The molecule has 0 saturated carbocycles. The van der Waals surface area contributed by atoms with E-state index >= 15 is 0 Å². The Morgan fingerprint density at radius 1 is 1.23 bits per heavy atom. The fourth-order valence-electron chi connectivity index (χ4n) is 2.53. The molecule has 110 valence electrons. The number of hydrogen-bond acceptors (Lipinski definition) is 4. The Hall–Kier alpha value is -2.80. The Kier molecular flexibility index (Phi) is 3.80. The van der Waals surface area contributed by atoms with E-state index in [0.29, 0.717) is 5.56 Å². The topological polar surface area (TPSA) is 59.3 Å². The first-order valence-corrected chi connectivity index (χ1v) is 7.10. The Morgan fingerprint density at radius 2 is 1.95 bits per heavy atom. The molecule has 4 nitrogen and oxygen atoms in total. The highest BCUT2D eigenvalue weighted by molar-refractivity contribution is 5.78. The molecule has 1 aliphatic heterocycles. The fraction of sp³-hybridized carbons (Fsp3) is 0.222. The van der Waals surface area contributed by atoms with E-state index in [4.69, 9.17) is 14.7 Å². The van der Waals surface area contributed by atoms with E-state index in [2.05, 4.69) is 6.07 Å². The molecule has 2 unspecified atom stereocenters. The van der Waals surface area contributed by atoms with Crippen LogP contribution < -0.4 is 4.74 Å². The molecule has 4 heteroatoms. The number of nitrogens with zero attached hydrogens (tertiary/aromatic N) is 1. The molecule has 22 heavy (non-hydrogen) atoms. The number of fused-ring (bicyclic) bond motifs is 1. The zero-order valence-corrected chi connectivity index (χ0v) is 12.2. The van der Waals surface area contributed by atoms with Crippen LogP contribution in [0.2, 0.25) is 0 Å². The maximum atomic E-state index is 12.2. The number of esters is 1. The van der Waals surface area contributed by atoms with E-state index < -0.39 is 6.10 Å². The zero-order valence-electron chi connectivity index (χ0n) is 12.2. The molecule has 2 aromatic rings. The lowest BCUT2D eigenvalue weighted by atomic mass is 9.98. The second-order valence-corrected chi connectivity index (χ2v) is 5.28. The average Bonchev–Trinajstić information content (AvgIpc) is 2.90. The van der Waals surface area contributed by atoms with Crippen LogP contribution in [0.15, 0.2) is 48.5 Å². The third kappa shape index (κ3) is 2.66. The summed E-state index contributed by atoms with van der Waals surface area (Å²) in [5.74, 6) is 0.355. The molecule has 0 saturated heterocycles. The van der Waals surface area contributed by atoms with E-state index in [9.17, 15) is 4.79 Å². The van der Waals surface area contributed by atoms with Gasteiger partial charge >= 0.3 is 5.97 Å². The lowest BCUT2D eigenvalue weighted by molar-refractivity contribution is -0.153.